The molecule has 144 valence electrons. The van der Waals surface area contributed by atoms with E-state index in [0.717, 1.165) is 22.9 Å². The number of aromatic hydroxyl groups is 1. The lowest BCUT2D eigenvalue weighted by atomic mass is 10.1. The molecule has 1 N–H and O–H groups in total. The molecule has 0 aromatic heterocycles. The maximum Gasteiger partial charge on any atom is 0.293 e. The molecule has 0 atom stereocenters. The van der Waals surface area contributed by atoms with E-state index in [9.17, 15) is 14.7 Å². The van der Waals surface area contributed by atoms with Crippen LogP contribution in [0.4, 0.5) is 4.79 Å². The molecule has 3 rings (SSSR count). The predicted octanol–water partition coefficient (Wildman–Crippen LogP) is 4.67. The lowest BCUT2D eigenvalue weighted by Gasteiger charge is -2.12. The molecule has 5 nitrogen and oxygen atoms in total. The minimum Gasteiger partial charge on any atom is -0.504 e. The van der Waals surface area contributed by atoms with Crippen molar-refractivity contribution in [1.29, 1.82) is 0 Å². The molecule has 1 aliphatic rings. The SMILES string of the molecule is C=CCc1cc(/C=C2\SC(=O)N(Cc3ccc(C)cc3)C2=O)cc(OC)c1O. The lowest BCUT2D eigenvalue weighted by molar-refractivity contribution is -0.123. The molecule has 0 spiro atoms. The highest BCUT2D eigenvalue weighted by atomic mass is 32.2. The third kappa shape index (κ3) is 4.12. The predicted molar refractivity (Wildman–Crippen MR) is 111 cm³/mol. The first kappa shape index (κ1) is 19.8. The van der Waals surface area contributed by atoms with Crippen LogP contribution in [-0.4, -0.2) is 28.3 Å². The van der Waals surface area contributed by atoms with Crippen LogP contribution in [0.3, 0.4) is 0 Å². The van der Waals surface area contributed by atoms with E-state index < -0.39 is 0 Å². The zero-order valence-electron chi connectivity index (χ0n) is 15.8. The highest BCUT2D eigenvalue weighted by Gasteiger charge is 2.35. The number of carbonyl (C=O) groups excluding carboxylic acids is 2. The van der Waals surface area contributed by atoms with Crippen molar-refractivity contribution in [2.75, 3.05) is 7.11 Å². The van der Waals surface area contributed by atoms with Gasteiger partial charge in [0.05, 0.1) is 18.6 Å². The maximum atomic E-state index is 12.7. The summed E-state index contributed by atoms with van der Waals surface area (Å²) in [4.78, 5) is 26.7. The van der Waals surface area contributed by atoms with Gasteiger partial charge in [-0.25, -0.2) is 0 Å². The number of nitrogens with zero attached hydrogens (tertiary/aromatic N) is 1. The van der Waals surface area contributed by atoms with Crippen LogP contribution in [0.2, 0.25) is 0 Å². The molecule has 0 radical (unpaired) electrons. The summed E-state index contributed by atoms with van der Waals surface area (Å²) < 4.78 is 5.21. The normalized spacial score (nSPS) is 15.4. The molecule has 2 aromatic carbocycles. The van der Waals surface area contributed by atoms with E-state index in [1.807, 2.05) is 31.2 Å². The van der Waals surface area contributed by atoms with Crippen LogP contribution in [0.25, 0.3) is 6.08 Å². The Balaban J connectivity index is 1.88. The summed E-state index contributed by atoms with van der Waals surface area (Å²) in [5.74, 6) is 0.0318. The quantitative estimate of drug-likeness (QED) is 0.568. The van der Waals surface area contributed by atoms with Crippen LogP contribution in [0.5, 0.6) is 11.5 Å². The molecule has 1 fully saturated rings. The second kappa shape index (κ2) is 8.35. The van der Waals surface area contributed by atoms with Gasteiger partial charge in [-0.1, -0.05) is 35.9 Å². The van der Waals surface area contributed by atoms with E-state index in [0.29, 0.717) is 28.2 Å². The molecule has 28 heavy (non-hydrogen) atoms. The summed E-state index contributed by atoms with van der Waals surface area (Å²) >= 11 is 0.911. The van der Waals surface area contributed by atoms with Crippen molar-refractivity contribution in [1.82, 2.24) is 4.90 Å². The number of allylic oxidation sites excluding steroid dienone is 1. The maximum absolute atomic E-state index is 12.7. The van der Waals surface area contributed by atoms with Crippen LogP contribution in [0.15, 0.2) is 54.0 Å². The van der Waals surface area contributed by atoms with Gasteiger partial charge in [-0.15, -0.1) is 6.58 Å². The van der Waals surface area contributed by atoms with Gasteiger partial charge in [0.25, 0.3) is 11.1 Å². The van der Waals surface area contributed by atoms with E-state index in [2.05, 4.69) is 6.58 Å². The summed E-state index contributed by atoms with van der Waals surface area (Å²) in [6.45, 7) is 5.91. The fraction of sp³-hybridized carbons (Fsp3) is 0.182. The van der Waals surface area contributed by atoms with Gasteiger partial charge in [-0.05, 0) is 54.4 Å². The number of carbonyl (C=O) groups is 2. The molecule has 1 heterocycles. The van der Waals surface area contributed by atoms with Gasteiger partial charge >= 0.3 is 0 Å². The number of thioether (sulfide) groups is 1. The average molecular weight is 395 g/mol. The minimum atomic E-state index is -0.326. The summed E-state index contributed by atoms with van der Waals surface area (Å²) in [6, 6.07) is 11.1. The first-order valence-corrected chi connectivity index (χ1v) is 9.56. The molecule has 1 saturated heterocycles. The number of hydrogen-bond acceptors (Lipinski definition) is 5. The van der Waals surface area contributed by atoms with Gasteiger partial charge in [0.2, 0.25) is 0 Å². The standard InChI is InChI=1S/C22H21NO4S/c1-4-5-17-10-16(11-18(27-3)20(17)24)12-19-21(25)23(22(26)28-19)13-15-8-6-14(2)7-9-15/h4,6-12,24H,1,5,13H2,2-3H3/b19-12-. The van der Waals surface area contributed by atoms with E-state index in [4.69, 9.17) is 4.74 Å². The first-order chi connectivity index (χ1) is 13.4. The zero-order chi connectivity index (χ0) is 20.3. The molecule has 2 amide bonds. The molecular weight excluding hydrogens is 374 g/mol. The molecule has 2 aromatic rings. The van der Waals surface area contributed by atoms with Gasteiger partial charge < -0.3 is 9.84 Å². The monoisotopic (exact) mass is 395 g/mol. The summed E-state index contributed by atoms with van der Waals surface area (Å²) in [5, 5.41) is 9.90. The van der Waals surface area contributed by atoms with Crippen LogP contribution < -0.4 is 4.74 Å². The number of aryl methyl sites for hydroxylation is 1. The Hall–Kier alpha value is -2.99. The third-order valence-corrected chi connectivity index (χ3v) is 5.30. The number of benzene rings is 2. The Morgan fingerprint density at radius 3 is 2.57 bits per heavy atom. The fourth-order valence-corrected chi connectivity index (χ4v) is 3.74. The number of rotatable bonds is 6. The number of hydrogen-bond donors (Lipinski definition) is 1. The second-order valence-corrected chi connectivity index (χ2v) is 7.47. The molecule has 0 bridgehead atoms. The summed E-state index contributed by atoms with van der Waals surface area (Å²) in [7, 11) is 1.46. The third-order valence-electron chi connectivity index (χ3n) is 4.39. The summed E-state index contributed by atoms with van der Waals surface area (Å²) in [5.41, 5.74) is 3.33. The Labute approximate surface area is 168 Å². The van der Waals surface area contributed by atoms with Crippen LogP contribution in [0, 0.1) is 6.92 Å². The highest BCUT2D eigenvalue weighted by Crippen LogP contribution is 2.36. The summed E-state index contributed by atoms with van der Waals surface area (Å²) in [6.07, 6.45) is 3.78. The van der Waals surface area contributed by atoms with E-state index in [1.54, 1.807) is 24.3 Å². The van der Waals surface area contributed by atoms with Gasteiger partial charge in [0.15, 0.2) is 11.5 Å². The van der Waals surface area contributed by atoms with Crippen molar-refractivity contribution in [2.45, 2.75) is 19.9 Å². The lowest BCUT2D eigenvalue weighted by Crippen LogP contribution is -2.27. The van der Waals surface area contributed by atoms with Crippen molar-refractivity contribution in [3.8, 4) is 11.5 Å². The number of imide groups is 1. The van der Waals surface area contributed by atoms with Crippen LogP contribution >= 0.6 is 11.8 Å². The van der Waals surface area contributed by atoms with Gasteiger partial charge in [0, 0.05) is 5.56 Å². The Bertz CT molecular complexity index is 963. The van der Waals surface area contributed by atoms with Crippen LogP contribution in [0.1, 0.15) is 22.3 Å². The minimum absolute atomic E-state index is 0.0482. The number of amides is 2. The molecular formula is C22H21NO4S. The zero-order valence-corrected chi connectivity index (χ0v) is 16.6. The fourth-order valence-electron chi connectivity index (χ4n) is 2.90. The van der Waals surface area contributed by atoms with Crippen LogP contribution in [-0.2, 0) is 17.8 Å². The second-order valence-electron chi connectivity index (χ2n) is 6.48. The van der Waals surface area contributed by atoms with Crippen molar-refractivity contribution in [3.05, 3.63) is 76.2 Å². The topological polar surface area (TPSA) is 66.8 Å². The first-order valence-electron chi connectivity index (χ1n) is 8.74. The van der Waals surface area contributed by atoms with E-state index in [1.165, 1.54) is 12.0 Å². The smallest absolute Gasteiger partial charge is 0.293 e. The van der Waals surface area contributed by atoms with Crippen molar-refractivity contribution >= 4 is 29.0 Å². The number of phenols is 1. The van der Waals surface area contributed by atoms with E-state index in [-0.39, 0.29) is 23.4 Å². The molecule has 0 aliphatic carbocycles. The average Bonchev–Trinajstić information content (AvgIpc) is 2.93. The van der Waals surface area contributed by atoms with Gasteiger partial charge in [0.1, 0.15) is 0 Å². The van der Waals surface area contributed by atoms with Gasteiger partial charge in [-0.3, -0.25) is 14.5 Å². The number of phenolic OH excluding ortho intramolecular Hbond substituents is 1. The highest BCUT2D eigenvalue weighted by molar-refractivity contribution is 8.18. The Morgan fingerprint density at radius 1 is 1.21 bits per heavy atom. The van der Waals surface area contributed by atoms with Crippen molar-refractivity contribution in [2.24, 2.45) is 0 Å². The Morgan fingerprint density at radius 2 is 1.93 bits per heavy atom. The van der Waals surface area contributed by atoms with Crippen molar-refractivity contribution in [3.63, 3.8) is 0 Å². The number of ether oxygens (including phenoxy) is 1. The van der Waals surface area contributed by atoms with Gasteiger partial charge in [-0.2, -0.15) is 0 Å². The molecule has 1 aliphatic heterocycles. The van der Waals surface area contributed by atoms with Crippen molar-refractivity contribution < 1.29 is 19.4 Å². The number of methoxy groups -OCH3 is 1. The molecule has 0 unspecified atom stereocenters. The molecule has 0 saturated carbocycles. The largest absolute Gasteiger partial charge is 0.504 e. The Kier molecular flexibility index (Phi) is 5.90. The molecule has 6 heteroatoms. The van der Waals surface area contributed by atoms with E-state index >= 15 is 0 Å².